The number of nitrogens with two attached hydrogens (primary N) is 1. The summed E-state index contributed by atoms with van der Waals surface area (Å²) in [5.41, 5.74) is 6.86. The number of nitrogens with one attached hydrogen (secondary N) is 1. The lowest BCUT2D eigenvalue weighted by Crippen LogP contribution is -2.22. The normalized spacial score (nSPS) is 12.4. The molecule has 1 aromatic carbocycles. The van der Waals surface area contributed by atoms with E-state index >= 15 is 0 Å². The van der Waals surface area contributed by atoms with Gasteiger partial charge in [0.2, 0.25) is 10.0 Å². The number of pyridine rings is 1. The Morgan fingerprint density at radius 2 is 1.90 bits per heavy atom. The summed E-state index contributed by atoms with van der Waals surface area (Å²) in [7, 11) is -7.66. The van der Waals surface area contributed by atoms with Crippen LogP contribution in [0.25, 0.3) is 10.9 Å². The van der Waals surface area contributed by atoms with Crippen LogP contribution in [0.15, 0.2) is 30.5 Å². The summed E-state index contributed by atoms with van der Waals surface area (Å²) in [4.78, 5) is 4.07. The molecule has 0 radical (unpaired) electrons. The molecule has 20 heavy (non-hydrogen) atoms. The van der Waals surface area contributed by atoms with Gasteiger partial charge in [-0.3, -0.25) is 9.71 Å². The third-order valence-corrected chi connectivity index (χ3v) is 5.92. The molecule has 0 saturated heterocycles. The van der Waals surface area contributed by atoms with Gasteiger partial charge in [0, 0.05) is 17.8 Å². The predicted octanol–water partition coefficient (Wildman–Crippen LogP) is 0.561. The van der Waals surface area contributed by atoms with Gasteiger partial charge in [0.05, 0.1) is 16.9 Å². The minimum atomic E-state index is -4.00. The monoisotopic (exact) mass is 315 g/mol. The van der Waals surface area contributed by atoms with Crippen molar-refractivity contribution in [2.24, 2.45) is 0 Å². The maximum Gasteiger partial charge on any atom is 0.247 e. The third kappa shape index (κ3) is 3.36. The van der Waals surface area contributed by atoms with E-state index in [1.165, 1.54) is 18.3 Å². The van der Waals surface area contributed by atoms with Crippen molar-refractivity contribution < 1.29 is 16.8 Å². The average molecular weight is 315 g/mol. The van der Waals surface area contributed by atoms with E-state index in [0.29, 0.717) is 16.6 Å². The highest BCUT2D eigenvalue weighted by Crippen LogP contribution is 2.27. The highest BCUT2D eigenvalue weighted by molar-refractivity contribution is 8.08. The van der Waals surface area contributed by atoms with E-state index in [2.05, 4.69) is 9.71 Å². The van der Waals surface area contributed by atoms with E-state index < -0.39 is 24.9 Å². The lowest BCUT2D eigenvalue weighted by Gasteiger charge is -2.10. The first kappa shape index (κ1) is 14.5. The fraction of sp³-hybridized carbons (Fsp3) is 0.182. The van der Waals surface area contributed by atoms with Crippen molar-refractivity contribution in [3.63, 3.8) is 0 Å². The van der Waals surface area contributed by atoms with Crippen LogP contribution in [0.2, 0.25) is 0 Å². The summed E-state index contributed by atoms with van der Waals surface area (Å²) < 4.78 is 48.1. The van der Waals surface area contributed by atoms with Crippen molar-refractivity contribution >= 4 is 42.1 Å². The van der Waals surface area contributed by atoms with Crippen LogP contribution in [0.3, 0.4) is 0 Å². The summed E-state index contributed by atoms with van der Waals surface area (Å²) in [6.45, 7) is 0. The first-order valence-corrected chi connectivity index (χ1v) is 9.21. The SMILES string of the molecule is CS(=O)(=O)CS(=O)(=O)Nc1ccc(N)c2ncccc12. The topological polar surface area (TPSA) is 119 Å². The Bertz CT molecular complexity index is 860. The van der Waals surface area contributed by atoms with Gasteiger partial charge in [-0.2, -0.15) is 0 Å². The summed E-state index contributed by atoms with van der Waals surface area (Å²) in [6, 6.07) is 6.26. The summed E-state index contributed by atoms with van der Waals surface area (Å²) >= 11 is 0. The Labute approximate surface area is 116 Å². The Kier molecular flexibility index (Phi) is 3.57. The smallest absolute Gasteiger partial charge is 0.247 e. The molecule has 1 aromatic heterocycles. The highest BCUT2D eigenvalue weighted by Gasteiger charge is 2.19. The number of rotatable bonds is 4. The predicted molar refractivity (Wildman–Crippen MR) is 78.4 cm³/mol. The minimum Gasteiger partial charge on any atom is -0.397 e. The highest BCUT2D eigenvalue weighted by atomic mass is 32.3. The maximum absolute atomic E-state index is 11.8. The first-order valence-electron chi connectivity index (χ1n) is 5.49. The molecule has 0 aliphatic carbocycles. The molecule has 2 aromatic rings. The van der Waals surface area contributed by atoms with Crippen molar-refractivity contribution in [1.29, 1.82) is 0 Å². The zero-order chi connectivity index (χ0) is 15.0. The number of nitrogens with zero attached hydrogens (tertiary/aromatic N) is 1. The molecular formula is C11H13N3O4S2. The van der Waals surface area contributed by atoms with Gasteiger partial charge in [-0.05, 0) is 24.3 Å². The Morgan fingerprint density at radius 1 is 1.20 bits per heavy atom. The second-order valence-corrected chi connectivity index (χ2v) is 8.59. The van der Waals surface area contributed by atoms with Gasteiger partial charge < -0.3 is 5.73 Å². The van der Waals surface area contributed by atoms with Gasteiger partial charge in [0.15, 0.2) is 14.9 Å². The van der Waals surface area contributed by atoms with Crippen molar-refractivity contribution in [2.45, 2.75) is 0 Å². The maximum atomic E-state index is 11.8. The first-order chi connectivity index (χ1) is 9.18. The van der Waals surface area contributed by atoms with Crippen LogP contribution in [-0.2, 0) is 19.9 Å². The summed E-state index contributed by atoms with van der Waals surface area (Å²) in [6.07, 6.45) is 2.39. The molecule has 0 fully saturated rings. The molecule has 0 atom stereocenters. The number of nitrogen functional groups attached to an aromatic ring is 1. The largest absolute Gasteiger partial charge is 0.397 e. The lowest BCUT2D eigenvalue weighted by molar-refractivity contribution is 0.595. The number of fused-ring (bicyclic) bond motifs is 1. The molecule has 0 spiro atoms. The molecule has 9 heteroatoms. The second-order valence-electron chi connectivity index (χ2n) is 4.36. The Hall–Kier alpha value is -1.87. The molecular weight excluding hydrogens is 302 g/mol. The third-order valence-electron chi connectivity index (χ3n) is 2.44. The molecule has 2 rings (SSSR count). The average Bonchev–Trinajstić information content (AvgIpc) is 2.30. The van der Waals surface area contributed by atoms with Crippen molar-refractivity contribution in [3.05, 3.63) is 30.5 Å². The lowest BCUT2D eigenvalue weighted by atomic mass is 10.1. The quantitative estimate of drug-likeness (QED) is 0.796. The molecule has 7 nitrogen and oxygen atoms in total. The molecule has 1 heterocycles. The van der Waals surface area contributed by atoms with Gasteiger partial charge in [-0.25, -0.2) is 16.8 Å². The van der Waals surface area contributed by atoms with Crippen molar-refractivity contribution in [3.8, 4) is 0 Å². The van der Waals surface area contributed by atoms with Crippen molar-refractivity contribution in [1.82, 2.24) is 4.98 Å². The fourth-order valence-electron chi connectivity index (χ4n) is 1.76. The van der Waals surface area contributed by atoms with Gasteiger partial charge >= 0.3 is 0 Å². The Morgan fingerprint density at radius 3 is 2.55 bits per heavy atom. The number of benzene rings is 1. The number of sulfone groups is 1. The second kappa shape index (κ2) is 4.91. The van der Waals surface area contributed by atoms with Crippen LogP contribution in [-0.4, -0.2) is 33.2 Å². The van der Waals surface area contributed by atoms with E-state index in [1.807, 2.05) is 0 Å². The van der Waals surface area contributed by atoms with Crippen LogP contribution < -0.4 is 10.5 Å². The van der Waals surface area contributed by atoms with Crippen LogP contribution in [0.4, 0.5) is 11.4 Å². The molecule has 0 aliphatic heterocycles. The van der Waals surface area contributed by atoms with Crippen LogP contribution in [0.1, 0.15) is 0 Å². The van der Waals surface area contributed by atoms with Crippen molar-refractivity contribution in [2.75, 3.05) is 21.8 Å². The number of sulfonamides is 1. The van der Waals surface area contributed by atoms with Gasteiger partial charge in [0.25, 0.3) is 0 Å². The molecule has 0 saturated carbocycles. The summed E-state index contributed by atoms with van der Waals surface area (Å²) in [5.74, 6) is 0. The van der Waals surface area contributed by atoms with E-state index in [0.717, 1.165) is 6.26 Å². The number of aromatic nitrogens is 1. The zero-order valence-corrected chi connectivity index (χ0v) is 12.2. The van der Waals surface area contributed by atoms with E-state index in [9.17, 15) is 16.8 Å². The number of hydrogen-bond acceptors (Lipinski definition) is 6. The van der Waals surface area contributed by atoms with Crippen LogP contribution in [0.5, 0.6) is 0 Å². The number of anilines is 2. The molecule has 0 unspecified atom stereocenters. The molecule has 108 valence electrons. The Balaban J connectivity index is 2.48. The standard InChI is InChI=1S/C11H13N3O4S2/c1-19(15,16)7-20(17,18)14-10-5-4-9(12)11-8(10)3-2-6-13-11/h2-6,14H,7,12H2,1H3. The van der Waals surface area contributed by atoms with Crippen LogP contribution in [0, 0.1) is 0 Å². The van der Waals surface area contributed by atoms with Gasteiger partial charge in [0.1, 0.15) is 0 Å². The van der Waals surface area contributed by atoms with Crippen LogP contribution >= 0.6 is 0 Å². The molecule has 0 aliphatic rings. The molecule has 0 bridgehead atoms. The van der Waals surface area contributed by atoms with E-state index in [-0.39, 0.29) is 5.69 Å². The summed E-state index contributed by atoms with van der Waals surface area (Å²) in [5, 5.41) is -0.476. The molecule has 0 amide bonds. The fourth-order valence-corrected chi connectivity index (χ4v) is 4.77. The zero-order valence-electron chi connectivity index (χ0n) is 10.6. The van der Waals surface area contributed by atoms with Gasteiger partial charge in [-0.15, -0.1) is 0 Å². The minimum absolute atomic E-state index is 0.242. The van der Waals surface area contributed by atoms with E-state index in [4.69, 9.17) is 5.73 Å². The van der Waals surface area contributed by atoms with E-state index in [1.54, 1.807) is 12.1 Å². The van der Waals surface area contributed by atoms with Gasteiger partial charge in [-0.1, -0.05) is 0 Å². The molecule has 3 N–H and O–H groups in total. The number of hydrogen-bond donors (Lipinski definition) is 2.